The van der Waals surface area contributed by atoms with Gasteiger partial charge < -0.3 is 10.6 Å². The second-order valence-corrected chi connectivity index (χ2v) is 4.73. The average Bonchev–Trinajstić information content (AvgIpc) is 1.84. The van der Waals surface area contributed by atoms with Gasteiger partial charge in [0.15, 0.2) is 0 Å². The molecule has 12 heavy (non-hydrogen) atoms. The highest BCUT2D eigenvalue weighted by atomic mass is 15.1. The van der Waals surface area contributed by atoms with Crippen molar-refractivity contribution in [2.45, 2.75) is 40.2 Å². The van der Waals surface area contributed by atoms with Crippen molar-refractivity contribution in [1.82, 2.24) is 10.6 Å². The molecule has 0 unspecified atom stereocenters. The van der Waals surface area contributed by atoms with Gasteiger partial charge in [-0.15, -0.1) is 0 Å². The van der Waals surface area contributed by atoms with Crippen molar-refractivity contribution in [3.8, 4) is 0 Å². The molecule has 0 bridgehead atoms. The van der Waals surface area contributed by atoms with Gasteiger partial charge in [-0.2, -0.15) is 0 Å². The maximum atomic E-state index is 3.85. The highest BCUT2D eigenvalue weighted by Gasteiger charge is 2.32. The molecule has 0 radical (unpaired) electrons. The molecule has 2 N–H and O–H groups in total. The second-order valence-electron chi connectivity index (χ2n) is 4.73. The van der Waals surface area contributed by atoms with Crippen molar-refractivity contribution < 1.29 is 0 Å². The minimum Gasteiger partial charge on any atom is -0.375 e. The van der Waals surface area contributed by atoms with E-state index in [1.54, 1.807) is 0 Å². The Labute approximate surface area is 76.4 Å². The van der Waals surface area contributed by atoms with Crippen molar-refractivity contribution in [2.75, 3.05) is 7.05 Å². The quantitative estimate of drug-likeness (QED) is 0.677. The molecule has 0 fully saturated rings. The first-order valence-corrected chi connectivity index (χ1v) is 4.35. The Hall–Kier alpha value is -0.660. The number of hydrogen-bond donors (Lipinski definition) is 2. The van der Waals surface area contributed by atoms with Crippen LogP contribution in [0.5, 0.6) is 0 Å². The van der Waals surface area contributed by atoms with E-state index in [0.717, 1.165) is 5.82 Å². The lowest BCUT2D eigenvalue weighted by Crippen LogP contribution is -2.50. The van der Waals surface area contributed by atoms with E-state index in [1.165, 1.54) is 0 Å². The van der Waals surface area contributed by atoms with Crippen molar-refractivity contribution in [2.24, 2.45) is 5.41 Å². The van der Waals surface area contributed by atoms with E-state index in [1.807, 2.05) is 7.05 Å². The molecule has 0 heterocycles. The van der Waals surface area contributed by atoms with Crippen LogP contribution in [0.25, 0.3) is 0 Å². The maximum absolute atomic E-state index is 3.85. The van der Waals surface area contributed by atoms with Crippen LogP contribution in [0.3, 0.4) is 0 Å². The Morgan fingerprint density at radius 2 is 1.50 bits per heavy atom. The van der Waals surface area contributed by atoms with Gasteiger partial charge in [0.05, 0.1) is 5.82 Å². The van der Waals surface area contributed by atoms with E-state index in [4.69, 9.17) is 0 Å². The van der Waals surface area contributed by atoms with Crippen LogP contribution >= 0.6 is 0 Å². The fraction of sp³-hybridized carbons (Fsp3) is 0.800. The van der Waals surface area contributed by atoms with Crippen LogP contribution in [0.1, 0.15) is 34.6 Å². The summed E-state index contributed by atoms with van der Waals surface area (Å²) >= 11 is 0. The van der Waals surface area contributed by atoms with Gasteiger partial charge in [-0.25, -0.2) is 0 Å². The predicted molar refractivity (Wildman–Crippen MR) is 54.9 cm³/mol. The lowest BCUT2D eigenvalue weighted by atomic mass is 9.76. The van der Waals surface area contributed by atoms with Gasteiger partial charge in [0.1, 0.15) is 0 Å². The van der Waals surface area contributed by atoms with Crippen LogP contribution in [-0.4, -0.2) is 12.6 Å². The summed E-state index contributed by atoms with van der Waals surface area (Å²) in [7, 11) is 1.87. The van der Waals surface area contributed by atoms with Gasteiger partial charge in [-0.1, -0.05) is 27.4 Å². The Morgan fingerprint density at radius 3 is 1.75 bits per heavy atom. The molecule has 0 saturated carbocycles. The molecule has 2 heteroatoms. The molecular formula is C10H22N2. The molecule has 2 nitrogen and oxygen atoms in total. The van der Waals surface area contributed by atoms with E-state index in [0.29, 0.717) is 0 Å². The molecular weight excluding hydrogens is 148 g/mol. The zero-order valence-electron chi connectivity index (χ0n) is 9.21. The van der Waals surface area contributed by atoms with Crippen LogP contribution < -0.4 is 10.6 Å². The fourth-order valence-electron chi connectivity index (χ4n) is 0.627. The van der Waals surface area contributed by atoms with E-state index in [-0.39, 0.29) is 11.0 Å². The van der Waals surface area contributed by atoms with Gasteiger partial charge in [-0.3, -0.25) is 0 Å². The second kappa shape index (κ2) is 3.38. The molecule has 0 aliphatic carbocycles. The molecule has 0 amide bonds. The molecule has 0 aliphatic rings. The number of rotatable bonds is 3. The SMILES string of the molecule is C=C(NC)NC(C)(C)C(C)(C)C. The van der Waals surface area contributed by atoms with Gasteiger partial charge in [0.2, 0.25) is 0 Å². The molecule has 0 aromatic carbocycles. The van der Waals surface area contributed by atoms with Gasteiger partial charge >= 0.3 is 0 Å². The smallest absolute Gasteiger partial charge is 0.0914 e. The van der Waals surface area contributed by atoms with Crippen molar-refractivity contribution in [3.63, 3.8) is 0 Å². The predicted octanol–water partition coefficient (Wildman–Crippen LogP) is 2.09. The third kappa shape index (κ3) is 2.76. The van der Waals surface area contributed by atoms with Crippen LogP contribution in [0, 0.1) is 5.41 Å². The van der Waals surface area contributed by atoms with Crippen molar-refractivity contribution in [3.05, 3.63) is 12.4 Å². The lowest BCUT2D eigenvalue weighted by molar-refractivity contribution is 0.189. The number of nitrogens with one attached hydrogen (secondary N) is 2. The first kappa shape index (κ1) is 11.3. The van der Waals surface area contributed by atoms with E-state index >= 15 is 0 Å². The molecule has 0 aliphatic heterocycles. The molecule has 0 spiro atoms. The molecule has 0 atom stereocenters. The summed E-state index contributed by atoms with van der Waals surface area (Å²) in [6.07, 6.45) is 0. The summed E-state index contributed by atoms with van der Waals surface area (Å²) in [4.78, 5) is 0. The fourth-order valence-corrected chi connectivity index (χ4v) is 0.627. The Balaban J connectivity index is 4.33. The summed E-state index contributed by atoms with van der Waals surface area (Å²) in [6.45, 7) is 14.8. The lowest BCUT2D eigenvalue weighted by Gasteiger charge is -2.40. The standard InChI is InChI=1S/C10H22N2/c1-8(11-7)12-10(5,6)9(2,3)4/h11-12H,1H2,2-7H3. The Kier molecular flexibility index (Phi) is 3.19. The normalized spacial score (nSPS) is 12.5. The van der Waals surface area contributed by atoms with Crippen molar-refractivity contribution >= 4 is 0 Å². The van der Waals surface area contributed by atoms with Gasteiger partial charge in [0, 0.05) is 12.6 Å². The highest BCUT2D eigenvalue weighted by Crippen LogP contribution is 2.29. The minimum absolute atomic E-state index is 0.0487. The first-order chi connectivity index (χ1) is 5.20. The Bertz CT molecular complexity index is 163. The van der Waals surface area contributed by atoms with Crippen LogP contribution in [0.4, 0.5) is 0 Å². The highest BCUT2D eigenvalue weighted by molar-refractivity contribution is 4.99. The van der Waals surface area contributed by atoms with Crippen LogP contribution in [-0.2, 0) is 0 Å². The molecule has 72 valence electrons. The minimum atomic E-state index is 0.0487. The summed E-state index contributed by atoms with van der Waals surface area (Å²) in [6, 6.07) is 0. The summed E-state index contributed by atoms with van der Waals surface area (Å²) < 4.78 is 0. The van der Waals surface area contributed by atoms with E-state index in [9.17, 15) is 0 Å². The maximum Gasteiger partial charge on any atom is 0.0914 e. The molecule has 0 rings (SSSR count). The zero-order valence-corrected chi connectivity index (χ0v) is 9.21. The zero-order chi connectivity index (χ0) is 9.99. The van der Waals surface area contributed by atoms with Crippen LogP contribution in [0.15, 0.2) is 12.4 Å². The molecule has 0 aromatic heterocycles. The van der Waals surface area contributed by atoms with Gasteiger partial charge in [-0.05, 0) is 19.3 Å². The first-order valence-electron chi connectivity index (χ1n) is 4.35. The van der Waals surface area contributed by atoms with Crippen LogP contribution in [0.2, 0.25) is 0 Å². The number of hydrogen-bond acceptors (Lipinski definition) is 2. The van der Waals surface area contributed by atoms with Crippen molar-refractivity contribution in [1.29, 1.82) is 0 Å². The third-order valence-electron chi connectivity index (χ3n) is 2.64. The van der Waals surface area contributed by atoms with E-state index in [2.05, 4.69) is 51.8 Å². The summed E-state index contributed by atoms with van der Waals surface area (Å²) in [5, 5.41) is 6.33. The monoisotopic (exact) mass is 170 g/mol. The summed E-state index contributed by atoms with van der Waals surface area (Å²) in [5.41, 5.74) is 0.264. The van der Waals surface area contributed by atoms with Gasteiger partial charge in [0.25, 0.3) is 0 Å². The summed E-state index contributed by atoms with van der Waals surface area (Å²) in [5.74, 6) is 0.870. The largest absolute Gasteiger partial charge is 0.375 e. The average molecular weight is 170 g/mol. The molecule has 0 aromatic rings. The Morgan fingerprint density at radius 1 is 1.08 bits per heavy atom. The molecule has 0 saturated heterocycles. The third-order valence-corrected chi connectivity index (χ3v) is 2.64. The topological polar surface area (TPSA) is 24.1 Å². The van der Waals surface area contributed by atoms with E-state index < -0.39 is 0 Å².